The van der Waals surface area contributed by atoms with Crippen LogP contribution in [0.2, 0.25) is 0 Å². The normalized spacial score (nSPS) is 11.5. The predicted molar refractivity (Wildman–Crippen MR) is 52.1 cm³/mol. The van der Waals surface area contributed by atoms with Crippen molar-refractivity contribution in [3.05, 3.63) is 12.2 Å². The Balaban J connectivity index is 4.17. The molecule has 0 aliphatic rings. The van der Waals surface area contributed by atoms with Crippen LogP contribution in [0, 0.1) is 12.3 Å². The van der Waals surface area contributed by atoms with Crippen molar-refractivity contribution >= 4 is 5.97 Å². The first-order chi connectivity index (χ1) is 6.13. The Labute approximate surface area is 79.2 Å². The average molecular weight is 181 g/mol. The fourth-order valence-electron chi connectivity index (χ4n) is 0.845. The largest absolute Gasteiger partial charge is 0.465 e. The number of hydrogen-bond donors (Lipinski definition) is 1. The summed E-state index contributed by atoms with van der Waals surface area (Å²) in [6.45, 7) is 7.88. The molecular formula is C10H15NO2. The Hall–Kier alpha value is -1.27. The monoisotopic (exact) mass is 181 g/mol. The van der Waals surface area contributed by atoms with E-state index >= 15 is 0 Å². The van der Waals surface area contributed by atoms with Crippen molar-refractivity contribution in [1.82, 2.24) is 5.32 Å². The molecule has 1 unspecified atom stereocenters. The zero-order chi connectivity index (χ0) is 10.3. The number of nitrogens with one attached hydrogen (secondary N) is 1. The maximum atomic E-state index is 11.3. The molecule has 0 bridgehead atoms. The van der Waals surface area contributed by atoms with Gasteiger partial charge in [-0.3, -0.25) is 5.32 Å². The molecule has 0 aliphatic heterocycles. The summed E-state index contributed by atoms with van der Waals surface area (Å²) in [6.07, 6.45) is 5.06. The van der Waals surface area contributed by atoms with Gasteiger partial charge in [-0.05, 0) is 13.8 Å². The minimum absolute atomic E-state index is 0.328. The molecule has 3 nitrogen and oxygen atoms in total. The standard InChI is InChI=1S/C10H15NO2/c1-5-7-11-9(8(3)4)10(12)13-6-2/h1,9,11H,3,6-7H2,2,4H3. The van der Waals surface area contributed by atoms with E-state index in [1.807, 2.05) is 0 Å². The number of carbonyl (C=O) groups excluding carboxylic acids is 1. The number of hydrogen-bond acceptors (Lipinski definition) is 3. The molecule has 13 heavy (non-hydrogen) atoms. The molecule has 0 aromatic rings. The lowest BCUT2D eigenvalue weighted by atomic mass is 10.1. The molecule has 0 saturated carbocycles. The Morgan fingerprint density at radius 3 is 2.77 bits per heavy atom. The minimum Gasteiger partial charge on any atom is -0.465 e. The van der Waals surface area contributed by atoms with Gasteiger partial charge in [0.05, 0.1) is 13.2 Å². The maximum Gasteiger partial charge on any atom is 0.327 e. The molecule has 0 radical (unpaired) electrons. The van der Waals surface area contributed by atoms with Crippen LogP contribution in [0.4, 0.5) is 0 Å². The lowest BCUT2D eigenvalue weighted by Gasteiger charge is -2.15. The molecule has 0 amide bonds. The summed E-state index contributed by atoms with van der Waals surface area (Å²) in [5.41, 5.74) is 0.703. The van der Waals surface area contributed by atoms with Crippen LogP contribution < -0.4 is 5.32 Å². The average Bonchev–Trinajstić information content (AvgIpc) is 2.05. The molecule has 72 valence electrons. The second-order valence-electron chi connectivity index (χ2n) is 2.62. The fraction of sp³-hybridized carbons (Fsp3) is 0.500. The van der Waals surface area contributed by atoms with E-state index in [0.29, 0.717) is 18.7 Å². The van der Waals surface area contributed by atoms with Gasteiger partial charge < -0.3 is 4.74 Å². The summed E-state index contributed by atoms with van der Waals surface area (Å²) in [5.74, 6) is 2.06. The van der Waals surface area contributed by atoms with Crippen molar-refractivity contribution in [2.45, 2.75) is 19.9 Å². The first kappa shape index (κ1) is 11.7. The minimum atomic E-state index is -0.490. The van der Waals surface area contributed by atoms with E-state index in [1.54, 1.807) is 13.8 Å². The van der Waals surface area contributed by atoms with Crippen LogP contribution in [-0.2, 0) is 9.53 Å². The van der Waals surface area contributed by atoms with E-state index in [-0.39, 0.29) is 5.97 Å². The fourth-order valence-corrected chi connectivity index (χ4v) is 0.845. The van der Waals surface area contributed by atoms with Gasteiger partial charge in [0.2, 0.25) is 0 Å². The van der Waals surface area contributed by atoms with Gasteiger partial charge in [-0.2, -0.15) is 0 Å². The molecular weight excluding hydrogens is 166 g/mol. The van der Waals surface area contributed by atoms with E-state index in [2.05, 4.69) is 17.8 Å². The highest BCUT2D eigenvalue weighted by Crippen LogP contribution is 2.00. The van der Waals surface area contributed by atoms with E-state index in [1.165, 1.54) is 0 Å². The van der Waals surface area contributed by atoms with Gasteiger partial charge in [-0.15, -0.1) is 6.42 Å². The summed E-state index contributed by atoms with van der Waals surface area (Å²) in [7, 11) is 0. The van der Waals surface area contributed by atoms with E-state index < -0.39 is 6.04 Å². The molecule has 1 N–H and O–H groups in total. The Bertz CT molecular complexity index is 228. The first-order valence-electron chi connectivity index (χ1n) is 4.12. The summed E-state index contributed by atoms with van der Waals surface area (Å²) < 4.78 is 4.83. The second kappa shape index (κ2) is 6.27. The van der Waals surface area contributed by atoms with Crippen LogP contribution >= 0.6 is 0 Å². The van der Waals surface area contributed by atoms with Crippen molar-refractivity contribution in [2.24, 2.45) is 0 Å². The van der Waals surface area contributed by atoms with Crippen molar-refractivity contribution in [3.8, 4) is 12.3 Å². The highest BCUT2D eigenvalue weighted by atomic mass is 16.5. The van der Waals surface area contributed by atoms with Crippen LogP contribution in [0.1, 0.15) is 13.8 Å². The molecule has 1 atom stereocenters. The zero-order valence-electron chi connectivity index (χ0n) is 8.09. The van der Waals surface area contributed by atoms with Crippen molar-refractivity contribution < 1.29 is 9.53 Å². The van der Waals surface area contributed by atoms with Crippen molar-refractivity contribution in [1.29, 1.82) is 0 Å². The highest BCUT2D eigenvalue weighted by Gasteiger charge is 2.18. The second-order valence-corrected chi connectivity index (χ2v) is 2.62. The van der Waals surface area contributed by atoms with Gasteiger partial charge in [0, 0.05) is 0 Å². The molecule has 0 fully saturated rings. The number of esters is 1. The third-order valence-electron chi connectivity index (χ3n) is 1.42. The lowest BCUT2D eigenvalue weighted by molar-refractivity contribution is -0.144. The van der Waals surface area contributed by atoms with Crippen LogP contribution in [-0.4, -0.2) is 25.2 Å². The molecule has 0 rings (SSSR count). The van der Waals surface area contributed by atoms with Gasteiger partial charge in [0.15, 0.2) is 0 Å². The summed E-state index contributed by atoms with van der Waals surface area (Å²) >= 11 is 0. The number of rotatable bonds is 5. The van der Waals surface area contributed by atoms with Crippen LogP contribution in [0.25, 0.3) is 0 Å². The van der Waals surface area contributed by atoms with Gasteiger partial charge >= 0.3 is 5.97 Å². The third kappa shape index (κ3) is 4.34. The number of ether oxygens (including phenoxy) is 1. The molecule has 0 heterocycles. The van der Waals surface area contributed by atoms with Crippen molar-refractivity contribution in [3.63, 3.8) is 0 Å². The molecule has 0 aromatic carbocycles. The number of terminal acetylenes is 1. The van der Waals surface area contributed by atoms with E-state index in [4.69, 9.17) is 11.2 Å². The van der Waals surface area contributed by atoms with Crippen molar-refractivity contribution in [2.75, 3.05) is 13.2 Å². The van der Waals surface area contributed by atoms with Crippen LogP contribution in [0.5, 0.6) is 0 Å². The summed E-state index contributed by atoms with van der Waals surface area (Å²) in [4.78, 5) is 11.3. The summed E-state index contributed by atoms with van der Waals surface area (Å²) in [5, 5.41) is 2.84. The molecule has 0 saturated heterocycles. The SMILES string of the molecule is C#CCNC(C(=C)C)C(=O)OCC. The number of carbonyl (C=O) groups is 1. The van der Waals surface area contributed by atoms with E-state index in [0.717, 1.165) is 0 Å². The quantitative estimate of drug-likeness (QED) is 0.386. The van der Waals surface area contributed by atoms with Crippen LogP contribution in [0.3, 0.4) is 0 Å². The Morgan fingerprint density at radius 2 is 2.38 bits per heavy atom. The lowest BCUT2D eigenvalue weighted by Crippen LogP contribution is -2.39. The maximum absolute atomic E-state index is 11.3. The third-order valence-corrected chi connectivity index (χ3v) is 1.42. The van der Waals surface area contributed by atoms with Gasteiger partial charge in [-0.1, -0.05) is 18.1 Å². The molecule has 3 heteroatoms. The van der Waals surface area contributed by atoms with Gasteiger partial charge in [-0.25, -0.2) is 4.79 Å². The first-order valence-corrected chi connectivity index (χ1v) is 4.12. The smallest absolute Gasteiger partial charge is 0.327 e. The Morgan fingerprint density at radius 1 is 1.77 bits per heavy atom. The molecule has 0 aliphatic carbocycles. The van der Waals surface area contributed by atoms with E-state index in [9.17, 15) is 4.79 Å². The van der Waals surface area contributed by atoms with Crippen LogP contribution in [0.15, 0.2) is 12.2 Å². The highest BCUT2D eigenvalue weighted by molar-refractivity contribution is 5.79. The van der Waals surface area contributed by atoms with Gasteiger partial charge in [0.1, 0.15) is 6.04 Å². The summed E-state index contributed by atoms with van der Waals surface area (Å²) in [6, 6.07) is -0.490. The molecule has 0 spiro atoms. The zero-order valence-corrected chi connectivity index (χ0v) is 8.09. The Kier molecular flexibility index (Phi) is 5.66. The van der Waals surface area contributed by atoms with Gasteiger partial charge in [0.25, 0.3) is 0 Å². The predicted octanol–water partition coefficient (Wildman–Crippen LogP) is 0.717. The topological polar surface area (TPSA) is 38.3 Å². The molecule has 0 aromatic heterocycles.